The summed E-state index contributed by atoms with van der Waals surface area (Å²) < 4.78 is 23.5. The Balaban J connectivity index is 1.67. The molecular formula is C20H23ClN2O3S. The second kappa shape index (κ2) is 8.31. The number of hydrogen-bond acceptors (Lipinski definition) is 4. The number of carbonyl (C=O) groups excluding carboxylic acids is 1. The Morgan fingerprint density at radius 3 is 2.26 bits per heavy atom. The molecule has 5 nitrogen and oxygen atoms in total. The fraction of sp³-hybridized carbons (Fsp3) is 0.350. The van der Waals surface area contributed by atoms with Gasteiger partial charge in [-0.15, -0.1) is 0 Å². The highest BCUT2D eigenvalue weighted by molar-refractivity contribution is 7.90. The second-order valence-electron chi connectivity index (χ2n) is 6.93. The minimum absolute atomic E-state index is 0.0520. The van der Waals surface area contributed by atoms with Crippen LogP contribution in [0.2, 0.25) is 5.02 Å². The molecule has 1 amide bonds. The van der Waals surface area contributed by atoms with Gasteiger partial charge >= 0.3 is 0 Å². The van der Waals surface area contributed by atoms with Crippen LogP contribution in [0.15, 0.2) is 47.4 Å². The maximum Gasteiger partial charge on any atom is 0.255 e. The molecule has 1 aliphatic rings. The van der Waals surface area contributed by atoms with E-state index in [-0.39, 0.29) is 21.4 Å². The van der Waals surface area contributed by atoms with Crippen molar-refractivity contribution in [3.63, 3.8) is 0 Å². The molecule has 0 radical (unpaired) electrons. The average Bonchev–Trinajstić information content (AvgIpc) is 2.63. The highest BCUT2D eigenvalue weighted by Crippen LogP contribution is 2.24. The molecule has 2 aromatic rings. The third-order valence-electron chi connectivity index (χ3n) is 4.71. The van der Waals surface area contributed by atoms with Crippen molar-refractivity contribution < 1.29 is 13.2 Å². The zero-order chi connectivity index (χ0) is 19.4. The molecule has 0 heterocycles. The summed E-state index contributed by atoms with van der Waals surface area (Å²) in [5.41, 5.74) is 1.92. The summed E-state index contributed by atoms with van der Waals surface area (Å²) in [6.07, 6.45) is 7.29. The van der Waals surface area contributed by atoms with Gasteiger partial charge in [0.05, 0.1) is 9.92 Å². The van der Waals surface area contributed by atoms with Gasteiger partial charge in [0.15, 0.2) is 9.84 Å². The van der Waals surface area contributed by atoms with Crippen LogP contribution in [-0.4, -0.2) is 26.6 Å². The first-order chi connectivity index (χ1) is 12.8. The van der Waals surface area contributed by atoms with Crippen molar-refractivity contribution in [3.8, 4) is 0 Å². The predicted octanol–water partition coefficient (Wildman–Crippen LogP) is 4.74. The first-order valence-electron chi connectivity index (χ1n) is 9.00. The fourth-order valence-corrected chi connectivity index (χ4v) is 4.57. The van der Waals surface area contributed by atoms with Gasteiger partial charge in [-0.05, 0) is 55.3 Å². The smallest absolute Gasteiger partial charge is 0.255 e. The lowest BCUT2D eigenvalue weighted by Gasteiger charge is -2.23. The van der Waals surface area contributed by atoms with Gasteiger partial charge in [0.2, 0.25) is 0 Å². The Morgan fingerprint density at radius 1 is 1.00 bits per heavy atom. The van der Waals surface area contributed by atoms with Gasteiger partial charge in [0.1, 0.15) is 0 Å². The maximum absolute atomic E-state index is 12.4. The topological polar surface area (TPSA) is 75.3 Å². The van der Waals surface area contributed by atoms with Crippen LogP contribution in [-0.2, 0) is 9.84 Å². The van der Waals surface area contributed by atoms with Crippen LogP contribution in [0.1, 0.15) is 42.5 Å². The molecule has 1 fully saturated rings. The zero-order valence-electron chi connectivity index (χ0n) is 15.2. The largest absolute Gasteiger partial charge is 0.382 e. The Morgan fingerprint density at radius 2 is 1.63 bits per heavy atom. The van der Waals surface area contributed by atoms with E-state index in [4.69, 9.17) is 11.6 Å². The lowest BCUT2D eigenvalue weighted by Crippen LogP contribution is -2.22. The lowest BCUT2D eigenvalue weighted by atomic mass is 9.95. The molecule has 2 N–H and O–H groups in total. The van der Waals surface area contributed by atoms with E-state index in [9.17, 15) is 13.2 Å². The monoisotopic (exact) mass is 406 g/mol. The number of nitrogens with one attached hydrogen (secondary N) is 2. The average molecular weight is 407 g/mol. The molecule has 0 saturated heterocycles. The minimum Gasteiger partial charge on any atom is -0.382 e. The van der Waals surface area contributed by atoms with E-state index in [1.165, 1.54) is 50.3 Å². The summed E-state index contributed by atoms with van der Waals surface area (Å²) >= 11 is 5.93. The molecule has 1 aliphatic carbocycles. The Labute approximate surface area is 165 Å². The number of sulfone groups is 1. The SMILES string of the molecule is CS(=O)(=O)c1cc(C(=O)Nc2ccc(NC3CCCCC3)cc2)ccc1Cl. The highest BCUT2D eigenvalue weighted by Gasteiger charge is 2.16. The van der Waals surface area contributed by atoms with Crippen molar-refractivity contribution in [2.75, 3.05) is 16.9 Å². The summed E-state index contributed by atoms with van der Waals surface area (Å²) in [6, 6.07) is 12.3. The van der Waals surface area contributed by atoms with Crippen molar-refractivity contribution >= 4 is 38.7 Å². The number of rotatable bonds is 5. The Kier molecular flexibility index (Phi) is 6.07. The standard InChI is InChI=1S/C20H23ClN2O3S/c1-27(25,26)19-13-14(7-12-18(19)21)20(24)23-17-10-8-16(9-11-17)22-15-5-3-2-4-6-15/h7-13,15,22H,2-6H2,1H3,(H,23,24). The Bertz CT molecular complexity index is 921. The number of benzene rings is 2. The number of anilines is 2. The molecule has 7 heteroatoms. The highest BCUT2D eigenvalue weighted by atomic mass is 35.5. The normalized spacial score (nSPS) is 15.3. The summed E-state index contributed by atoms with van der Waals surface area (Å²) in [5.74, 6) is -0.385. The molecule has 0 aliphatic heterocycles. The van der Waals surface area contributed by atoms with Gasteiger partial charge in [-0.2, -0.15) is 0 Å². The van der Waals surface area contributed by atoms with Crippen molar-refractivity contribution in [3.05, 3.63) is 53.1 Å². The van der Waals surface area contributed by atoms with E-state index >= 15 is 0 Å². The van der Waals surface area contributed by atoms with Crippen LogP contribution in [0.3, 0.4) is 0 Å². The van der Waals surface area contributed by atoms with Gasteiger partial charge in [-0.1, -0.05) is 30.9 Å². The molecule has 144 valence electrons. The number of halogens is 1. The predicted molar refractivity (Wildman–Crippen MR) is 109 cm³/mol. The van der Waals surface area contributed by atoms with Crippen molar-refractivity contribution in [1.82, 2.24) is 0 Å². The van der Waals surface area contributed by atoms with Gasteiger partial charge in [0, 0.05) is 29.2 Å². The summed E-state index contributed by atoms with van der Waals surface area (Å²) in [5, 5.41) is 6.42. The van der Waals surface area contributed by atoms with Gasteiger partial charge in [-0.25, -0.2) is 8.42 Å². The molecule has 0 atom stereocenters. The van der Waals surface area contributed by atoms with Gasteiger partial charge in [-0.3, -0.25) is 4.79 Å². The van der Waals surface area contributed by atoms with E-state index < -0.39 is 9.84 Å². The van der Waals surface area contributed by atoms with E-state index in [2.05, 4.69) is 10.6 Å². The molecule has 0 aromatic heterocycles. The molecule has 27 heavy (non-hydrogen) atoms. The second-order valence-corrected chi connectivity index (χ2v) is 9.32. The van der Waals surface area contributed by atoms with Crippen LogP contribution in [0.4, 0.5) is 11.4 Å². The van der Waals surface area contributed by atoms with Crippen molar-refractivity contribution in [2.45, 2.75) is 43.0 Å². The summed E-state index contributed by atoms with van der Waals surface area (Å²) in [6.45, 7) is 0. The molecular weight excluding hydrogens is 384 g/mol. The number of hydrogen-bond donors (Lipinski definition) is 2. The van der Waals surface area contributed by atoms with Crippen molar-refractivity contribution in [2.24, 2.45) is 0 Å². The Hall–Kier alpha value is -2.05. The van der Waals surface area contributed by atoms with Crippen LogP contribution >= 0.6 is 11.6 Å². The molecule has 0 spiro atoms. The van der Waals surface area contributed by atoms with Crippen LogP contribution < -0.4 is 10.6 Å². The third-order valence-corrected chi connectivity index (χ3v) is 6.29. The molecule has 1 saturated carbocycles. The number of carbonyl (C=O) groups is 1. The molecule has 0 bridgehead atoms. The first-order valence-corrected chi connectivity index (χ1v) is 11.3. The van der Waals surface area contributed by atoms with E-state index in [0.717, 1.165) is 11.9 Å². The van der Waals surface area contributed by atoms with Crippen molar-refractivity contribution in [1.29, 1.82) is 0 Å². The third kappa shape index (κ3) is 5.23. The summed E-state index contributed by atoms with van der Waals surface area (Å²) in [4.78, 5) is 12.4. The maximum atomic E-state index is 12.4. The van der Waals surface area contributed by atoms with Gasteiger partial charge in [0.25, 0.3) is 5.91 Å². The fourth-order valence-electron chi connectivity index (χ4n) is 3.26. The summed E-state index contributed by atoms with van der Waals surface area (Å²) in [7, 11) is -3.50. The minimum atomic E-state index is -3.50. The van der Waals surface area contributed by atoms with Crippen LogP contribution in [0, 0.1) is 0 Å². The van der Waals surface area contributed by atoms with Crippen LogP contribution in [0.25, 0.3) is 0 Å². The van der Waals surface area contributed by atoms with Crippen LogP contribution in [0.5, 0.6) is 0 Å². The van der Waals surface area contributed by atoms with E-state index in [1.807, 2.05) is 24.3 Å². The van der Waals surface area contributed by atoms with Gasteiger partial charge < -0.3 is 10.6 Å². The lowest BCUT2D eigenvalue weighted by molar-refractivity contribution is 0.102. The zero-order valence-corrected chi connectivity index (χ0v) is 16.7. The van der Waals surface area contributed by atoms with E-state index in [1.54, 1.807) is 0 Å². The van der Waals surface area contributed by atoms with E-state index in [0.29, 0.717) is 11.7 Å². The first kappa shape index (κ1) is 19.7. The molecule has 3 rings (SSSR count). The number of amides is 1. The quantitative estimate of drug-likeness (QED) is 0.751. The molecule has 0 unspecified atom stereocenters. The molecule has 2 aromatic carbocycles.